The Hall–Kier alpha value is -1.62. The number of rotatable bonds is 17. The number of hydrogen-bond donors (Lipinski definition) is 3. The predicted octanol–water partition coefficient (Wildman–Crippen LogP) is 6.67. The summed E-state index contributed by atoms with van der Waals surface area (Å²) in [6, 6.07) is 7.06. The number of nitrogens with zero attached hydrogens (tertiary/aromatic N) is 1. The van der Waals surface area contributed by atoms with Crippen molar-refractivity contribution in [3.63, 3.8) is 0 Å². The van der Waals surface area contributed by atoms with Gasteiger partial charge in [0.2, 0.25) is 0 Å². The van der Waals surface area contributed by atoms with Gasteiger partial charge in [-0.05, 0) is 30.8 Å². The van der Waals surface area contributed by atoms with E-state index in [4.69, 9.17) is 12.2 Å². The van der Waals surface area contributed by atoms with Crippen LogP contribution < -0.4 is 10.7 Å². The summed E-state index contributed by atoms with van der Waals surface area (Å²) in [5.74, 6) is 0.208. The number of phenolic OH excluding ortho intramolecular Hbond substituents is 1. The highest BCUT2D eigenvalue weighted by atomic mass is 32.1. The third kappa shape index (κ3) is 15.0. The molecule has 0 spiro atoms. The molecule has 0 aliphatic heterocycles. The van der Waals surface area contributed by atoms with Gasteiger partial charge in [-0.3, -0.25) is 5.43 Å². The highest BCUT2D eigenvalue weighted by Crippen LogP contribution is 2.13. The van der Waals surface area contributed by atoms with E-state index in [9.17, 15) is 5.11 Å². The molecule has 0 bridgehead atoms. The standard InChI is InChI=1S/C24H41N3OS/c1-2-3-4-5-6-7-8-9-10-11-12-13-14-17-20-25-24(29)27-26-21-22-18-15-16-19-23(22)28/h15-16,18-19,21,28H,2-14,17,20H2,1H3,(H2,25,27,29). The Morgan fingerprint density at radius 1 is 0.862 bits per heavy atom. The van der Waals surface area contributed by atoms with Crippen LogP contribution in [0.4, 0.5) is 0 Å². The maximum atomic E-state index is 9.66. The molecule has 0 amide bonds. The molecule has 0 unspecified atom stereocenters. The van der Waals surface area contributed by atoms with Gasteiger partial charge < -0.3 is 10.4 Å². The second-order valence-corrected chi connectivity index (χ2v) is 8.19. The number of benzene rings is 1. The minimum Gasteiger partial charge on any atom is -0.507 e. The molecular formula is C24H41N3OS. The van der Waals surface area contributed by atoms with Crippen LogP contribution >= 0.6 is 12.2 Å². The smallest absolute Gasteiger partial charge is 0.186 e. The topological polar surface area (TPSA) is 56.7 Å². The predicted molar refractivity (Wildman–Crippen MR) is 130 cm³/mol. The average Bonchev–Trinajstić information content (AvgIpc) is 2.72. The van der Waals surface area contributed by atoms with Crippen LogP contribution in [0.15, 0.2) is 29.4 Å². The number of nitrogens with one attached hydrogen (secondary N) is 2. The molecule has 29 heavy (non-hydrogen) atoms. The van der Waals surface area contributed by atoms with Gasteiger partial charge in [0, 0.05) is 12.1 Å². The summed E-state index contributed by atoms with van der Waals surface area (Å²) in [6.45, 7) is 3.15. The Kier molecular flexibility index (Phi) is 16.1. The summed E-state index contributed by atoms with van der Waals surface area (Å²) in [6.07, 6.45) is 20.7. The fourth-order valence-corrected chi connectivity index (χ4v) is 3.47. The molecular weight excluding hydrogens is 378 g/mol. The molecule has 0 heterocycles. The summed E-state index contributed by atoms with van der Waals surface area (Å²) < 4.78 is 0. The van der Waals surface area contributed by atoms with E-state index in [-0.39, 0.29) is 5.75 Å². The average molecular weight is 420 g/mol. The first-order valence-corrected chi connectivity index (χ1v) is 12.0. The van der Waals surface area contributed by atoms with Gasteiger partial charge >= 0.3 is 0 Å². The van der Waals surface area contributed by atoms with Crippen molar-refractivity contribution >= 4 is 23.5 Å². The first kappa shape index (κ1) is 25.4. The van der Waals surface area contributed by atoms with Gasteiger partial charge in [-0.15, -0.1) is 0 Å². The SMILES string of the molecule is CCCCCCCCCCCCCCCCNC(=S)NN=Cc1ccccc1O. The largest absolute Gasteiger partial charge is 0.507 e. The number of unbranched alkanes of at least 4 members (excludes halogenated alkanes) is 13. The second kappa shape index (κ2) is 18.4. The zero-order chi connectivity index (χ0) is 21.0. The van der Waals surface area contributed by atoms with E-state index in [1.807, 2.05) is 6.07 Å². The molecule has 0 saturated carbocycles. The van der Waals surface area contributed by atoms with Gasteiger partial charge in [-0.25, -0.2) is 0 Å². The van der Waals surface area contributed by atoms with E-state index < -0.39 is 0 Å². The lowest BCUT2D eigenvalue weighted by molar-refractivity contribution is 0.474. The molecule has 1 aromatic carbocycles. The van der Waals surface area contributed by atoms with Crippen molar-refractivity contribution in [1.29, 1.82) is 0 Å². The van der Waals surface area contributed by atoms with Crippen LogP contribution in [0.3, 0.4) is 0 Å². The monoisotopic (exact) mass is 419 g/mol. The van der Waals surface area contributed by atoms with Crippen LogP contribution in [0, 0.1) is 0 Å². The zero-order valence-electron chi connectivity index (χ0n) is 18.3. The number of phenols is 1. The van der Waals surface area contributed by atoms with E-state index in [1.165, 1.54) is 83.5 Å². The van der Waals surface area contributed by atoms with Crippen molar-refractivity contribution in [3.05, 3.63) is 29.8 Å². The Morgan fingerprint density at radius 2 is 1.38 bits per heavy atom. The maximum absolute atomic E-state index is 9.66. The van der Waals surface area contributed by atoms with Crippen LogP contribution in [0.1, 0.15) is 102 Å². The normalized spacial score (nSPS) is 11.1. The second-order valence-electron chi connectivity index (χ2n) is 7.78. The zero-order valence-corrected chi connectivity index (χ0v) is 19.1. The third-order valence-electron chi connectivity index (χ3n) is 5.12. The first-order valence-electron chi connectivity index (χ1n) is 11.6. The van der Waals surface area contributed by atoms with Gasteiger partial charge in [0.05, 0.1) is 6.21 Å². The number of thiocarbonyl (C=S) groups is 1. The summed E-state index contributed by atoms with van der Waals surface area (Å²) >= 11 is 5.20. The van der Waals surface area contributed by atoms with Crippen molar-refractivity contribution in [3.8, 4) is 5.75 Å². The molecule has 164 valence electrons. The highest BCUT2D eigenvalue weighted by molar-refractivity contribution is 7.80. The minimum absolute atomic E-state index is 0.208. The van der Waals surface area contributed by atoms with Crippen molar-refractivity contribution in [2.45, 2.75) is 96.8 Å². The minimum atomic E-state index is 0.208. The van der Waals surface area contributed by atoms with Crippen LogP contribution in [0.2, 0.25) is 0 Å². The van der Waals surface area contributed by atoms with Crippen LogP contribution in [0.25, 0.3) is 0 Å². The van der Waals surface area contributed by atoms with Crippen LogP contribution in [-0.4, -0.2) is 23.0 Å². The van der Waals surface area contributed by atoms with Gasteiger partial charge in [0.1, 0.15) is 5.75 Å². The van der Waals surface area contributed by atoms with Crippen molar-refractivity contribution in [2.24, 2.45) is 5.10 Å². The van der Waals surface area contributed by atoms with Gasteiger partial charge in [-0.1, -0.05) is 103 Å². The van der Waals surface area contributed by atoms with Crippen LogP contribution in [0.5, 0.6) is 5.75 Å². The first-order chi connectivity index (χ1) is 14.2. The Morgan fingerprint density at radius 3 is 1.93 bits per heavy atom. The van der Waals surface area contributed by atoms with E-state index in [0.29, 0.717) is 10.7 Å². The molecule has 0 aliphatic rings. The molecule has 4 nitrogen and oxygen atoms in total. The molecule has 1 rings (SSSR count). The van der Waals surface area contributed by atoms with E-state index in [2.05, 4.69) is 22.8 Å². The molecule has 0 radical (unpaired) electrons. The number of aromatic hydroxyl groups is 1. The lowest BCUT2D eigenvalue weighted by Crippen LogP contribution is -2.32. The van der Waals surface area contributed by atoms with Crippen molar-refractivity contribution in [2.75, 3.05) is 6.54 Å². The van der Waals surface area contributed by atoms with E-state index >= 15 is 0 Å². The number of para-hydroxylation sites is 1. The van der Waals surface area contributed by atoms with Gasteiger partial charge in [0.15, 0.2) is 5.11 Å². The fourth-order valence-electron chi connectivity index (χ4n) is 3.32. The number of hydrogen-bond acceptors (Lipinski definition) is 3. The van der Waals surface area contributed by atoms with Gasteiger partial charge in [0.25, 0.3) is 0 Å². The fraction of sp³-hybridized carbons (Fsp3) is 0.667. The summed E-state index contributed by atoms with van der Waals surface area (Å²) in [4.78, 5) is 0. The highest BCUT2D eigenvalue weighted by Gasteiger charge is 1.97. The lowest BCUT2D eigenvalue weighted by atomic mass is 10.0. The quantitative estimate of drug-likeness (QED) is 0.114. The molecule has 0 saturated heterocycles. The summed E-state index contributed by atoms with van der Waals surface area (Å²) in [7, 11) is 0. The number of hydrazone groups is 1. The third-order valence-corrected chi connectivity index (χ3v) is 5.36. The maximum Gasteiger partial charge on any atom is 0.186 e. The Balaban J connectivity index is 1.85. The summed E-state index contributed by atoms with van der Waals surface area (Å²) in [5.41, 5.74) is 3.45. The molecule has 1 aromatic rings. The molecule has 0 aliphatic carbocycles. The summed E-state index contributed by atoms with van der Waals surface area (Å²) in [5, 5.41) is 17.4. The molecule has 3 N–H and O–H groups in total. The van der Waals surface area contributed by atoms with Crippen LogP contribution in [-0.2, 0) is 0 Å². The molecule has 5 heteroatoms. The van der Waals surface area contributed by atoms with Gasteiger partial charge in [-0.2, -0.15) is 5.10 Å². The van der Waals surface area contributed by atoms with E-state index in [0.717, 1.165) is 13.0 Å². The Bertz CT molecular complexity index is 563. The Labute approximate surface area is 183 Å². The lowest BCUT2D eigenvalue weighted by Gasteiger charge is -2.07. The molecule has 0 fully saturated rings. The molecule has 0 atom stereocenters. The van der Waals surface area contributed by atoms with Crippen molar-refractivity contribution in [1.82, 2.24) is 10.7 Å². The van der Waals surface area contributed by atoms with E-state index in [1.54, 1.807) is 24.4 Å². The van der Waals surface area contributed by atoms with Crippen molar-refractivity contribution < 1.29 is 5.11 Å². The molecule has 0 aromatic heterocycles.